The fourth-order valence-corrected chi connectivity index (χ4v) is 2.89. The van der Waals surface area contributed by atoms with Crippen molar-refractivity contribution in [2.75, 3.05) is 16.8 Å². The van der Waals surface area contributed by atoms with E-state index in [0.717, 1.165) is 3.57 Å². The molecule has 0 bridgehead atoms. The van der Waals surface area contributed by atoms with Crippen LogP contribution in [0, 0.1) is 15.3 Å². The number of halogens is 2. The number of carbonyl (C=O) groups excluding carboxylic acids is 2. The molecule has 3 rings (SSSR count). The summed E-state index contributed by atoms with van der Waals surface area (Å²) in [6.07, 6.45) is 0.160. The molecule has 2 amide bonds. The molecule has 0 radical (unpaired) electrons. The van der Waals surface area contributed by atoms with Crippen molar-refractivity contribution in [2.24, 2.45) is 5.92 Å². The first-order valence-electron chi connectivity index (χ1n) is 7.15. The van der Waals surface area contributed by atoms with Gasteiger partial charge in [-0.25, -0.2) is 4.39 Å². The molecule has 0 aromatic heterocycles. The van der Waals surface area contributed by atoms with Crippen molar-refractivity contribution in [1.82, 2.24) is 0 Å². The van der Waals surface area contributed by atoms with Gasteiger partial charge in [0.1, 0.15) is 5.82 Å². The van der Waals surface area contributed by atoms with E-state index in [2.05, 4.69) is 27.9 Å². The molecule has 0 spiro atoms. The molecule has 1 heterocycles. The van der Waals surface area contributed by atoms with Crippen LogP contribution >= 0.6 is 22.6 Å². The molecule has 2 aromatic carbocycles. The highest BCUT2D eigenvalue weighted by Gasteiger charge is 2.35. The summed E-state index contributed by atoms with van der Waals surface area (Å²) in [5.74, 6) is -1.07. The van der Waals surface area contributed by atoms with Crippen LogP contribution < -0.4 is 10.2 Å². The number of benzene rings is 2. The number of nitrogens with zero attached hydrogens (tertiary/aromatic N) is 1. The molecule has 23 heavy (non-hydrogen) atoms. The van der Waals surface area contributed by atoms with Crippen LogP contribution in [0.3, 0.4) is 0 Å². The lowest BCUT2D eigenvalue weighted by Crippen LogP contribution is -2.28. The number of anilines is 2. The lowest BCUT2D eigenvalue weighted by molar-refractivity contribution is -0.122. The number of amides is 2. The third-order valence-corrected chi connectivity index (χ3v) is 4.47. The molecule has 1 aliphatic rings. The summed E-state index contributed by atoms with van der Waals surface area (Å²) in [7, 11) is 0. The number of carbonyl (C=O) groups is 2. The van der Waals surface area contributed by atoms with Crippen molar-refractivity contribution in [3.05, 3.63) is 57.9 Å². The molecule has 1 saturated heterocycles. The molecule has 1 aliphatic heterocycles. The molecule has 0 saturated carbocycles. The first-order valence-corrected chi connectivity index (χ1v) is 8.23. The zero-order valence-corrected chi connectivity index (χ0v) is 14.3. The predicted molar refractivity (Wildman–Crippen MR) is 94.6 cm³/mol. The van der Waals surface area contributed by atoms with E-state index in [0.29, 0.717) is 17.9 Å². The van der Waals surface area contributed by atoms with E-state index in [4.69, 9.17) is 0 Å². The van der Waals surface area contributed by atoms with Gasteiger partial charge in [0.15, 0.2) is 0 Å². The first kappa shape index (κ1) is 15.9. The number of rotatable bonds is 3. The van der Waals surface area contributed by atoms with Gasteiger partial charge in [-0.15, -0.1) is 0 Å². The van der Waals surface area contributed by atoms with E-state index in [1.165, 1.54) is 17.0 Å². The van der Waals surface area contributed by atoms with Crippen molar-refractivity contribution in [1.29, 1.82) is 0 Å². The fraction of sp³-hybridized carbons (Fsp3) is 0.176. The Balaban J connectivity index is 1.68. The van der Waals surface area contributed by atoms with Gasteiger partial charge in [-0.05, 0) is 71.1 Å². The van der Waals surface area contributed by atoms with E-state index in [9.17, 15) is 14.0 Å². The Kier molecular flexibility index (Phi) is 4.61. The zero-order valence-electron chi connectivity index (χ0n) is 12.1. The summed E-state index contributed by atoms with van der Waals surface area (Å²) < 4.78 is 14.1. The monoisotopic (exact) mass is 424 g/mol. The lowest BCUT2D eigenvalue weighted by atomic mass is 10.1. The highest BCUT2D eigenvalue weighted by atomic mass is 127. The number of hydrogen-bond acceptors (Lipinski definition) is 2. The Morgan fingerprint density at radius 1 is 1.13 bits per heavy atom. The fourth-order valence-electron chi connectivity index (χ4n) is 2.53. The van der Waals surface area contributed by atoms with Crippen LogP contribution in [0.25, 0.3) is 0 Å². The maximum absolute atomic E-state index is 13.0. The largest absolute Gasteiger partial charge is 0.326 e. The molecule has 0 unspecified atom stereocenters. The number of nitrogens with one attached hydrogen (secondary N) is 1. The van der Waals surface area contributed by atoms with Crippen molar-refractivity contribution in [3.63, 3.8) is 0 Å². The summed E-state index contributed by atoms with van der Waals surface area (Å²) in [4.78, 5) is 26.0. The SMILES string of the molecule is O=C(Nc1ccc(I)cc1)[C@H]1CC(=O)N(c2ccc(F)cc2)C1. The highest BCUT2D eigenvalue weighted by molar-refractivity contribution is 14.1. The van der Waals surface area contributed by atoms with Gasteiger partial charge in [-0.2, -0.15) is 0 Å². The van der Waals surface area contributed by atoms with Crippen LogP contribution in [0.5, 0.6) is 0 Å². The standard InChI is InChI=1S/C17H14FIN2O2/c18-12-1-7-15(8-2-12)21-10-11(9-16(21)22)17(23)20-14-5-3-13(19)4-6-14/h1-8,11H,9-10H2,(H,20,23)/t11-/m0/s1. The molecule has 118 valence electrons. The molecular weight excluding hydrogens is 410 g/mol. The van der Waals surface area contributed by atoms with Gasteiger partial charge in [-0.3, -0.25) is 9.59 Å². The van der Waals surface area contributed by atoms with Crippen molar-refractivity contribution < 1.29 is 14.0 Å². The topological polar surface area (TPSA) is 49.4 Å². The molecule has 2 aromatic rings. The minimum atomic E-state index is -0.410. The van der Waals surface area contributed by atoms with Crippen molar-refractivity contribution >= 4 is 45.8 Å². The molecule has 1 fully saturated rings. The Labute approximate surface area is 146 Å². The second-order valence-corrected chi connectivity index (χ2v) is 6.62. The van der Waals surface area contributed by atoms with E-state index >= 15 is 0 Å². The average molecular weight is 424 g/mol. The Morgan fingerprint density at radius 2 is 1.78 bits per heavy atom. The van der Waals surface area contributed by atoms with Gasteiger partial charge >= 0.3 is 0 Å². The minimum absolute atomic E-state index is 0.126. The maximum atomic E-state index is 13.0. The summed E-state index contributed by atoms with van der Waals surface area (Å²) >= 11 is 2.19. The molecule has 0 aliphatic carbocycles. The Bertz CT molecular complexity index is 731. The molecule has 4 nitrogen and oxygen atoms in total. The van der Waals surface area contributed by atoms with E-state index < -0.39 is 5.92 Å². The zero-order chi connectivity index (χ0) is 16.4. The van der Waals surface area contributed by atoms with E-state index in [1.54, 1.807) is 12.1 Å². The summed E-state index contributed by atoms with van der Waals surface area (Å²) in [6, 6.07) is 13.2. The lowest BCUT2D eigenvalue weighted by Gasteiger charge is -2.16. The van der Waals surface area contributed by atoms with E-state index in [-0.39, 0.29) is 24.1 Å². The van der Waals surface area contributed by atoms with E-state index in [1.807, 2.05) is 24.3 Å². The average Bonchev–Trinajstić information content (AvgIpc) is 2.92. The summed E-state index contributed by atoms with van der Waals surface area (Å²) in [6.45, 7) is 0.306. The van der Waals surface area contributed by atoms with Crippen LogP contribution in [0.1, 0.15) is 6.42 Å². The highest BCUT2D eigenvalue weighted by Crippen LogP contribution is 2.26. The van der Waals surface area contributed by atoms with Gasteiger partial charge in [0, 0.05) is 27.9 Å². The quantitative estimate of drug-likeness (QED) is 0.768. The van der Waals surface area contributed by atoms with Crippen LogP contribution in [0.2, 0.25) is 0 Å². The first-order chi connectivity index (χ1) is 11.0. The second-order valence-electron chi connectivity index (χ2n) is 5.38. The minimum Gasteiger partial charge on any atom is -0.326 e. The smallest absolute Gasteiger partial charge is 0.229 e. The number of hydrogen-bond donors (Lipinski definition) is 1. The van der Waals surface area contributed by atoms with Gasteiger partial charge in [0.05, 0.1) is 5.92 Å². The second kappa shape index (κ2) is 6.66. The van der Waals surface area contributed by atoms with Gasteiger partial charge in [-0.1, -0.05) is 0 Å². The van der Waals surface area contributed by atoms with Crippen LogP contribution in [0.15, 0.2) is 48.5 Å². The normalized spacial score (nSPS) is 17.4. The molecule has 1 atom stereocenters. The van der Waals surface area contributed by atoms with Crippen LogP contribution in [-0.4, -0.2) is 18.4 Å². The summed E-state index contributed by atoms with van der Waals surface area (Å²) in [5.41, 5.74) is 1.32. The Morgan fingerprint density at radius 3 is 2.43 bits per heavy atom. The molecule has 6 heteroatoms. The third kappa shape index (κ3) is 3.69. The maximum Gasteiger partial charge on any atom is 0.229 e. The predicted octanol–water partition coefficient (Wildman–Crippen LogP) is 3.42. The van der Waals surface area contributed by atoms with Gasteiger partial charge in [0.2, 0.25) is 11.8 Å². The van der Waals surface area contributed by atoms with Crippen LogP contribution in [-0.2, 0) is 9.59 Å². The Hall–Kier alpha value is -1.96. The third-order valence-electron chi connectivity index (χ3n) is 3.75. The van der Waals surface area contributed by atoms with Crippen molar-refractivity contribution in [2.45, 2.75) is 6.42 Å². The van der Waals surface area contributed by atoms with Gasteiger partial charge < -0.3 is 10.2 Å². The summed E-state index contributed by atoms with van der Waals surface area (Å²) in [5, 5.41) is 2.83. The van der Waals surface area contributed by atoms with Crippen molar-refractivity contribution in [3.8, 4) is 0 Å². The molecular formula is C17H14FIN2O2. The molecule has 1 N–H and O–H groups in total. The van der Waals surface area contributed by atoms with Gasteiger partial charge in [0.25, 0.3) is 0 Å². The van der Waals surface area contributed by atoms with Crippen LogP contribution in [0.4, 0.5) is 15.8 Å².